The summed E-state index contributed by atoms with van der Waals surface area (Å²) < 4.78 is 28.7. The zero-order valence-corrected chi connectivity index (χ0v) is 23.5. The molecule has 202 valence electrons. The Bertz CT molecular complexity index is 1340. The third-order valence-electron chi connectivity index (χ3n) is 6.32. The molecule has 0 unspecified atom stereocenters. The lowest BCUT2D eigenvalue weighted by molar-refractivity contribution is -0.139. The summed E-state index contributed by atoms with van der Waals surface area (Å²) in [5.41, 5.74) is 3.05. The summed E-state index contributed by atoms with van der Waals surface area (Å²) in [6.07, 6.45) is 0. The average Bonchev–Trinajstić information content (AvgIpc) is 2.90. The van der Waals surface area contributed by atoms with E-state index in [-0.39, 0.29) is 23.3 Å². The Labute approximate surface area is 226 Å². The van der Waals surface area contributed by atoms with Gasteiger partial charge >= 0.3 is 0 Å². The molecule has 38 heavy (non-hydrogen) atoms. The van der Waals surface area contributed by atoms with Gasteiger partial charge in [0.2, 0.25) is 11.8 Å². The monoisotopic (exact) mass is 535 g/mol. The molecule has 7 nitrogen and oxygen atoms in total. The number of nitrogens with one attached hydrogen (secondary N) is 1. The number of nitrogens with zero attached hydrogens (tertiary/aromatic N) is 2. The first-order chi connectivity index (χ1) is 18.0. The number of carbonyl (C=O) groups excluding carboxylic acids is 2. The highest BCUT2D eigenvalue weighted by molar-refractivity contribution is 7.92. The van der Waals surface area contributed by atoms with Gasteiger partial charge in [-0.2, -0.15) is 0 Å². The molecular weight excluding hydrogens is 498 g/mol. The zero-order valence-electron chi connectivity index (χ0n) is 22.7. The molecule has 0 aliphatic heterocycles. The van der Waals surface area contributed by atoms with Crippen LogP contribution in [0.3, 0.4) is 0 Å². The summed E-state index contributed by atoms with van der Waals surface area (Å²) in [4.78, 5) is 28.5. The van der Waals surface area contributed by atoms with Crippen molar-refractivity contribution in [2.45, 2.75) is 52.1 Å². The van der Waals surface area contributed by atoms with Gasteiger partial charge in [-0.25, -0.2) is 8.42 Å². The number of para-hydroxylation sites is 1. The lowest BCUT2D eigenvalue weighted by atomic mass is 10.1. The van der Waals surface area contributed by atoms with Gasteiger partial charge in [0, 0.05) is 13.1 Å². The van der Waals surface area contributed by atoms with Gasteiger partial charge < -0.3 is 10.2 Å². The standard InChI is InChI=1S/C30H37N3O4S/c1-22(2)19-31-30(35)25(5)32(20-26-17-15-23(3)16-18-26)29(34)21-33(28-14-10-9-11-24(28)4)38(36,37)27-12-7-6-8-13-27/h6-18,22,25H,19-21H2,1-5H3,(H,31,35)/t25-/m0/s1. The number of rotatable bonds is 11. The number of carbonyl (C=O) groups is 2. The smallest absolute Gasteiger partial charge is 0.264 e. The van der Waals surface area contributed by atoms with E-state index in [1.165, 1.54) is 17.0 Å². The fourth-order valence-corrected chi connectivity index (χ4v) is 5.50. The summed E-state index contributed by atoms with van der Waals surface area (Å²) in [6, 6.07) is 22.0. The van der Waals surface area contributed by atoms with E-state index in [0.717, 1.165) is 15.4 Å². The first-order valence-corrected chi connectivity index (χ1v) is 14.2. The van der Waals surface area contributed by atoms with Crippen LogP contribution < -0.4 is 9.62 Å². The molecule has 0 fully saturated rings. The minimum atomic E-state index is -4.07. The second-order valence-electron chi connectivity index (χ2n) is 9.93. The van der Waals surface area contributed by atoms with E-state index in [2.05, 4.69) is 5.32 Å². The predicted molar refractivity (Wildman–Crippen MR) is 151 cm³/mol. The van der Waals surface area contributed by atoms with Crippen LogP contribution in [0.15, 0.2) is 83.8 Å². The molecule has 0 spiro atoms. The van der Waals surface area contributed by atoms with Crippen LogP contribution in [0.25, 0.3) is 0 Å². The van der Waals surface area contributed by atoms with Crippen LogP contribution in [-0.2, 0) is 26.2 Å². The van der Waals surface area contributed by atoms with Crippen molar-refractivity contribution in [3.63, 3.8) is 0 Å². The molecule has 0 heterocycles. The fourth-order valence-electron chi connectivity index (χ4n) is 4.00. The van der Waals surface area contributed by atoms with Crippen LogP contribution in [0.1, 0.15) is 37.5 Å². The van der Waals surface area contributed by atoms with E-state index in [9.17, 15) is 18.0 Å². The summed E-state index contributed by atoms with van der Waals surface area (Å²) in [6.45, 7) is 9.64. The van der Waals surface area contributed by atoms with E-state index in [4.69, 9.17) is 0 Å². The quantitative estimate of drug-likeness (QED) is 0.386. The number of anilines is 1. The average molecular weight is 536 g/mol. The molecule has 1 N–H and O–H groups in total. The molecule has 0 saturated heterocycles. The molecule has 0 bridgehead atoms. The van der Waals surface area contributed by atoms with Crippen molar-refractivity contribution >= 4 is 27.5 Å². The predicted octanol–water partition coefficient (Wildman–Crippen LogP) is 4.69. The topological polar surface area (TPSA) is 86.8 Å². The molecule has 0 saturated carbocycles. The van der Waals surface area contributed by atoms with Crippen LogP contribution in [0.2, 0.25) is 0 Å². The minimum absolute atomic E-state index is 0.0869. The Morgan fingerprint density at radius 3 is 2.05 bits per heavy atom. The van der Waals surface area contributed by atoms with Crippen molar-refractivity contribution in [2.75, 3.05) is 17.4 Å². The first-order valence-electron chi connectivity index (χ1n) is 12.8. The molecule has 0 aliphatic rings. The van der Waals surface area contributed by atoms with E-state index < -0.39 is 28.5 Å². The summed E-state index contributed by atoms with van der Waals surface area (Å²) >= 11 is 0. The van der Waals surface area contributed by atoms with Gasteiger partial charge in [0.05, 0.1) is 10.6 Å². The second-order valence-corrected chi connectivity index (χ2v) is 11.8. The molecule has 2 amide bonds. The van der Waals surface area contributed by atoms with Gasteiger partial charge in [0.1, 0.15) is 12.6 Å². The molecule has 8 heteroatoms. The Morgan fingerprint density at radius 2 is 1.45 bits per heavy atom. The minimum Gasteiger partial charge on any atom is -0.354 e. The SMILES string of the molecule is Cc1ccc(CN(C(=O)CN(c2ccccc2C)S(=O)(=O)c2ccccc2)[C@@H](C)C(=O)NCC(C)C)cc1. The molecule has 3 aromatic rings. The van der Waals surface area contributed by atoms with Crippen LogP contribution in [0, 0.1) is 19.8 Å². The van der Waals surface area contributed by atoms with Crippen LogP contribution in [0.5, 0.6) is 0 Å². The number of hydrogen-bond donors (Lipinski definition) is 1. The van der Waals surface area contributed by atoms with Gasteiger partial charge in [-0.1, -0.05) is 80.1 Å². The maximum absolute atomic E-state index is 13.9. The third kappa shape index (κ3) is 7.22. The van der Waals surface area contributed by atoms with E-state index in [1.807, 2.05) is 51.1 Å². The molecule has 0 aromatic heterocycles. The molecule has 0 radical (unpaired) electrons. The lowest BCUT2D eigenvalue weighted by Crippen LogP contribution is -2.51. The van der Waals surface area contributed by atoms with Crippen molar-refractivity contribution in [3.05, 3.63) is 95.6 Å². The highest BCUT2D eigenvalue weighted by atomic mass is 32.2. The van der Waals surface area contributed by atoms with Crippen molar-refractivity contribution in [1.82, 2.24) is 10.2 Å². The van der Waals surface area contributed by atoms with E-state index in [1.54, 1.807) is 50.2 Å². The summed E-state index contributed by atoms with van der Waals surface area (Å²) in [5, 5.41) is 2.90. The van der Waals surface area contributed by atoms with E-state index >= 15 is 0 Å². The molecule has 3 rings (SSSR count). The van der Waals surface area contributed by atoms with Gasteiger partial charge in [-0.3, -0.25) is 13.9 Å². The van der Waals surface area contributed by atoms with E-state index in [0.29, 0.717) is 17.8 Å². The van der Waals surface area contributed by atoms with Gasteiger partial charge in [-0.05, 0) is 56.0 Å². The number of hydrogen-bond acceptors (Lipinski definition) is 4. The van der Waals surface area contributed by atoms with Gasteiger partial charge in [0.15, 0.2) is 0 Å². The Balaban J connectivity index is 2.00. The number of sulfonamides is 1. The number of aryl methyl sites for hydroxylation is 2. The summed E-state index contributed by atoms with van der Waals surface area (Å²) in [7, 11) is -4.07. The van der Waals surface area contributed by atoms with Gasteiger partial charge in [-0.15, -0.1) is 0 Å². The number of amides is 2. The first kappa shape index (κ1) is 28.9. The van der Waals surface area contributed by atoms with Crippen molar-refractivity contribution < 1.29 is 18.0 Å². The fraction of sp³-hybridized carbons (Fsp3) is 0.333. The van der Waals surface area contributed by atoms with Crippen LogP contribution in [0.4, 0.5) is 5.69 Å². The largest absolute Gasteiger partial charge is 0.354 e. The zero-order chi connectivity index (χ0) is 27.9. The van der Waals surface area contributed by atoms with Gasteiger partial charge in [0.25, 0.3) is 10.0 Å². The van der Waals surface area contributed by atoms with Crippen LogP contribution in [-0.4, -0.2) is 44.3 Å². The molecule has 3 aromatic carbocycles. The second kappa shape index (κ2) is 12.7. The maximum atomic E-state index is 13.9. The molecular formula is C30H37N3O4S. The van der Waals surface area contributed by atoms with Crippen molar-refractivity contribution in [1.29, 1.82) is 0 Å². The molecule has 0 aliphatic carbocycles. The normalized spacial score (nSPS) is 12.2. The third-order valence-corrected chi connectivity index (χ3v) is 8.09. The van der Waals surface area contributed by atoms with Crippen molar-refractivity contribution in [2.24, 2.45) is 5.92 Å². The maximum Gasteiger partial charge on any atom is 0.264 e. The van der Waals surface area contributed by atoms with Crippen LogP contribution >= 0.6 is 0 Å². The summed E-state index contributed by atoms with van der Waals surface area (Å²) in [5.74, 6) is -0.506. The lowest BCUT2D eigenvalue weighted by Gasteiger charge is -2.32. The Hall–Kier alpha value is -3.65. The Morgan fingerprint density at radius 1 is 0.842 bits per heavy atom. The van der Waals surface area contributed by atoms with Crippen molar-refractivity contribution in [3.8, 4) is 0 Å². The molecule has 1 atom stereocenters. The highest BCUT2D eigenvalue weighted by Gasteiger charge is 2.33. The highest BCUT2D eigenvalue weighted by Crippen LogP contribution is 2.27. The Kier molecular flexibility index (Phi) is 9.69. The number of benzene rings is 3.